The van der Waals surface area contributed by atoms with E-state index in [4.69, 9.17) is 5.73 Å². The molecule has 1 aromatic carbocycles. The Labute approximate surface area is 163 Å². The van der Waals surface area contributed by atoms with Crippen LogP contribution in [0.4, 0.5) is 5.69 Å². The zero-order valence-electron chi connectivity index (χ0n) is 14.8. The molecule has 150 valence electrons. The smallest absolute Gasteiger partial charge is 0.269 e. The molecule has 2 aromatic rings. The van der Waals surface area contributed by atoms with Crippen LogP contribution in [0, 0.1) is 10.1 Å². The Morgan fingerprint density at radius 3 is 2.10 bits per heavy atom. The fourth-order valence-electron chi connectivity index (χ4n) is 2.17. The van der Waals surface area contributed by atoms with Crippen molar-refractivity contribution in [2.75, 3.05) is 0 Å². The maximum absolute atomic E-state index is 12.3. The van der Waals surface area contributed by atoms with Crippen molar-refractivity contribution in [2.24, 2.45) is 5.73 Å². The van der Waals surface area contributed by atoms with Crippen molar-refractivity contribution in [3.63, 3.8) is 0 Å². The van der Waals surface area contributed by atoms with Crippen LogP contribution in [0.15, 0.2) is 48.8 Å². The minimum absolute atomic E-state index is 0.0266. The van der Waals surface area contributed by atoms with Crippen molar-refractivity contribution in [3.8, 4) is 0 Å². The number of hydrazine groups is 1. The van der Waals surface area contributed by atoms with E-state index in [1.807, 2.05) is 0 Å². The molecule has 0 aliphatic carbocycles. The highest BCUT2D eigenvalue weighted by Gasteiger charge is 2.24. The third-order valence-corrected chi connectivity index (χ3v) is 3.61. The van der Waals surface area contributed by atoms with Crippen LogP contribution < -0.4 is 21.9 Å². The monoisotopic (exact) mass is 400 g/mol. The van der Waals surface area contributed by atoms with Crippen LogP contribution in [0.2, 0.25) is 0 Å². The van der Waals surface area contributed by atoms with Gasteiger partial charge in [-0.3, -0.25) is 45.1 Å². The second-order valence-corrected chi connectivity index (χ2v) is 5.68. The molecule has 0 radical (unpaired) electrons. The van der Waals surface area contributed by atoms with Gasteiger partial charge in [0.25, 0.3) is 23.4 Å². The number of primary amides is 1. The van der Waals surface area contributed by atoms with Gasteiger partial charge in [-0.2, -0.15) is 0 Å². The molecular formula is C17H16N6O6. The number of nitrogens with two attached hydrogens (primary N) is 1. The van der Waals surface area contributed by atoms with Crippen molar-refractivity contribution in [3.05, 3.63) is 70.0 Å². The molecule has 1 heterocycles. The molecule has 0 fully saturated rings. The predicted molar refractivity (Wildman–Crippen MR) is 98.0 cm³/mol. The van der Waals surface area contributed by atoms with E-state index in [0.717, 1.165) is 12.1 Å². The number of benzene rings is 1. The summed E-state index contributed by atoms with van der Waals surface area (Å²) >= 11 is 0. The van der Waals surface area contributed by atoms with Crippen LogP contribution in [0.1, 0.15) is 27.1 Å². The van der Waals surface area contributed by atoms with Gasteiger partial charge in [0.15, 0.2) is 0 Å². The number of rotatable bonds is 7. The molecule has 2 rings (SSSR count). The van der Waals surface area contributed by atoms with E-state index in [9.17, 15) is 29.3 Å². The number of aromatic nitrogens is 1. The summed E-state index contributed by atoms with van der Waals surface area (Å²) in [6.07, 6.45) is 2.24. The molecule has 0 saturated heterocycles. The van der Waals surface area contributed by atoms with E-state index in [2.05, 4.69) is 21.2 Å². The van der Waals surface area contributed by atoms with Gasteiger partial charge in [-0.1, -0.05) is 0 Å². The molecule has 0 spiro atoms. The van der Waals surface area contributed by atoms with Crippen molar-refractivity contribution in [1.29, 1.82) is 0 Å². The van der Waals surface area contributed by atoms with E-state index in [0.29, 0.717) is 0 Å². The van der Waals surface area contributed by atoms with Crippen LogP contribution in [0.3, 0.4) is 0 Å². The van der Waals surface area contributed by atoms with Crippen molar-refractivity contribution >= 4 is 29.3 Å². The molecular weight excluding hydrogens is 384 g/mol. The zero-order chi connectivity index (χ0) is 21.4. The lowest BCUT2D eigenvalue weighted by Crippen LogP contribution is -2.53. The molecule has 0 bridgehead atoms. The number of nitrogens with zero attached hydrogens (tertiary/aromatic N) is 2. The Kier molecular flexibility index (Phi) is 6.90. The lowest BCUT2D eigenvalue weighted by molar-refractivity contribution is -0.384. The summed E-state index contributed by atoms with van der Waals surface area (Å²) in [5, 5.41) is 13.0. The first-order valence-corrected chi connectivity index (χ1v) is 8.11. The number of hydrogen-bond acceptors (Lipinski definition) is 7. The van der Waals surface area contributed by atoms with Crippen molar-refractivity contribution in [1.82, 2.24) is 21.2 Å². The third kappa shape index (κ3) is 6.09. The van der Waals surface area contributed by atoms with Gasteiger partial charge in [-0.25, -0.2) is 0 Å². The van der Waals surface area contributed by atoms with E-state index < -0.39 is 41.0 Å². The predicted octanol–water partition coefficient (Wildman–Crippen LogP) is -0.575. The second kappa shape index (κ2) is 9.55. The molecule has 4 amide bonds. The molecule has 29 heavy (non-hydrogen) atoms. The SMILES string of the molecule is NC(=O)CC(NC(=O)c1ccc([N+](=O)[O-])cc1)C(=O)NNC(=O)c1ccncc1. The summed E-state index contributed by atoms with van der Waals surface area (Å²) in [6.45, 7) is 0. The molecule has 12 heteroatoms. The van der Waals surface area contributed by atoms with Gasteiger partial charge < -0.3 is 11.1 Å². The van der Waals surface area contributed by atoms with E-state index >= 15 is 0 Å². The van der Waals surface area contributed by atoms with E-state index in [1.54, 1.807) is 0 Å². The fraction of sp³-hybridized carbons (Fsp3) is 0.118. The number of nitro benzene ring substituents is 1. The van der Waals surface area contributed by atoms with Crippen LogP contribution >= 0.6 is 0 Å². The molecule has 1 atom stereocenters. The number of pyridine rings is 1. The van der Waals surface area contributed by atoms with E-state index in [1.165, 1.54) is 36.7 Å². The normalized spacial score (nSPS) is 11.0. The summed E-state index contributed by atoms with van der Waals surface area (Å²) in [5.74, 6) is -3.15. The third-order valence-electron chi connectivity index (χ3n) is 3.61. The summed E-state index contributed by atoms with van der Waals surface area (Å²) in [7, 11) is 0. The van der Waals surface area contributed by atoms with Crippen molar-refractivity contribution < 1.29 is 24.1 Å². The average Bonchev–Trinajstić information content (AvgIpc) is 2.71. The Balaban J connectivity index is 2.02. The highest BCUT2D eigenvalue weighted by atomic mass is 16.6. The molecule has 1 aromatic heterocycles. The maximum Gasteiger partial charge on any atom is 0.269 e. The lowest BCUT2D eigenvalue weighted by Gasteiger charge is -2.17. The van der Waals surface area contributed by atoms with Crippen molar-refractivity contribution in [2.45, 2.75) is 12.5 Å². The molecule has 12 nitrogen and oxygen atoms in total. The Bertz CT molecular complexity index is 931. The van der Waals surface area contributed by atoms with Gasteiger partial charge in [-0.15, -0.1) is 0 Å². The number of nitrogens with one attached hydrogen (secondary N) is 3. The zero-order valence-corrected chi connectivity index (χ0v) is 14.8. The number of nitro groups is 1. The molecule has 0 saturated carbocycles. The number of carbonyl (C=O) groups is 4. The van der Waals surface area contributed by atoms with E-state index in [-0.39, 0.29) is 16.8 Å². The minimum Gasteiger partial charge on any atom is -0.370 e. The standard InChI is InChI=1S/C17H16N6O6/c18-14(24)9-13(17(27)22-21-16(26)11-5-7-19-8-6-11)20-15(25)10-1-3-12(4-2-10)23(28)29/h1-8,13H,9H2,(H2,18,24)(H,20,25)(H,21,26)(H,22,27). The summed E-state index contributed by atoms with van der Waals surface area (Å²) in [4.78, 5) is 61.5. The topological polar surface area (TPSA) is 186 Å². The second-order valence-electron chi connectivity index (χ2n) is 5.68. The maximum atomic E-state index is 12.3. The first kappa shape index (κ1) is 21.0. The van der Waals surface area contributed by atoms with Gasteiger partial charge in [0.2, 0.25) is 5.91 Å². The van der Waals surface area contributed by atoms with Crippen LogP contribution in [0.25, 0.3) is 0 Å². The first-order valence-electron chi connectivity index (χ1n) is 8.11. The average molecular weight is 400 g/mol. The fourth-order valence-corrected chi connectivity index (χ4v) is 2.17. The molecule has 5 N–H and O–H groups in total. The van der Waals surface area contributed by atoms with Gasteiger partial charge in [0, 0.05) is 35.7 Å². The van der Waals surface area contributed by atoms with Crippen LogP contribution in [-0.2, 0) is 9.59 Å². The minimum atomic E-state index is -1.38. The number of non-ortho nitro benzene ring substituents is 1. The highest BCUT2D eigenvalue weighted by molar-refractivity contribution is 6.00. The number of carbonyl (C=O) groups excluding carboxylic acids is 4. The summed E-state index contributed by atoms with van der Waals surface area (Å²) in [5.41, 5.74) is 9.38. The molecule has 0 aliphatic rings. The Hall–Kier alpha value is -4.35. The largest absolute Gasteiger partial charge is 0.370 e. The number of amides is 4. The Morgan fingerprint density at radius 2 is 1.55 bits per heavy atom. The van der Waals surface area contributed by atoms with Gasteiger partial charge in [-0.05, 0) is 24.3 Å². The van der Waals surface area contributed by atoms with Crippen LogP contribution in [0.5, 0.6) is 0 Å². The molecule has 0 aliphatic heterocycles. The lowest BCUT2D eigenvalue weighted by atomic mass is 10.1. The van der Waals surface area contributed by atoms with Gasteiger partial charge in [0.1, 0.15) is 6.04 Å². The quantitative estimate of drug-likeness (QED) is 0.353. The van der Waals surface area contributed by atoms with Gasteiger partial charge in [0.05, 0.1) is 11.3 Å². The van der Waals surface area contributed by atoms with Gasteiger partial charge >= 0.3 is 0 Å². The number of hydrogen-bond donors (Lipinski definition) is 4. The Morgan fingerprint density at radius 1 is 0.966 bits per heavy atom. The molecule has 1 unspecified atom stereocenters. The van der Waals surface area contributed by atoms with Crippen LogP contribution in [-0.4, -0.2) is 39.6 Å². The summed E-state index contributed by atoms with van der Waals surface area (Å²) in [6, 6.07) is 6.07. The first-order chi connectivity index (χ1) is 13.8. The highest BCUT2D eigenvalue weighted by Crippen LogP contribution is 2.12. The summed E-state index contributed by atoms with van der Waals surface area (Å²) < 4.78 is 0.